The highest BCUT2D eigenvalue weighted by molar-refractivity contribution is 9.10. The van der Waals surface area contributed by atoms with Crippen molar-refractivity contribution in [3.63, 3.8) is 0 Å². The van der Waals surface area contributed by atoms with E-state index in [1.165, 1.54) is 0 Å². The average Bonchev–Trinajstić information content (AvgIpc) is 2.49. The van der Waals surface area contributed by atoms with E-state index in [4.69, 9.17) is 59.5 Å². The van der Waals surface area contributed by atoms with Gasteiger partial charge in [-0.2, -0.15) is 0 Å². The normalized spacial score (nSPS) is 10.3. The third kappa shape index (κ3) is 3.45. The molecular formula is C16H7BrCl4N2. The van der Waals surface area contributed by atoms with Crippen LogP contribution in [-0.2, 0) is 6.42 Å². The largest absolute Gasteiger partial charge is 0.248 e. The molecule has 0 heterocycles. The Kier molecular flexibility index (Phi) is 5.84. The van der Waals surface area contributed by atoms with Crippen LogP contribution in [0.2, 0.25) is 20.1 Å². The summed E-state index contributed by atoms with van der Waals surface area (Å²) in [5.41, 5.74) is 2.23. The second kappa shape index (κ2) is 7.31. The van der Waals surface area contributed by atoms with Crippen LogP contribution in [0.25, 0.3) is 9.69 Å². The minimum atomic E-state index is -0.0329. The molecule has 0 spiro atoms. The van der Waals surface area contributed by atoms with Crippen LogP contribution in [0.1, 0.15) is 16.7 Å². The first kappa shape index (κ1) is 18.4. The summed E-state index contributed by atoms with van der Waals surface area (Å²) in [6.45, 7) is 16.3. The molecular weight excluding hydrogens is 442 g/mol. The van der Waals surface area contributed by atoms with Crippen molar-refractivity contribution in [2.45, 2.75) is 13.3 Å². The van der Waals surface area contributed by atoms with Gasteiger partial charge in [-0.25, -0.2) is 9.69 Å². The molecule has 0 radical (unpaired) electrons. The van der Waals surface area contributed by atoms with Crippen LogP contribution < -0.4 is 0 Å². The molecule has 0 aliphatic rings. The molecule has 0 fully saturated rings. The first-order valence-electron chi connectivity index (χ1n) is 6.20. The van der Waals surface area contributed by atoms with E-state index in [1.807, 2.05) is 19.1 Å². The predicted molar refractivity (Wildman–Crippen MR) is 101 cm³/mol. The summed E-state index contributed by atoms with van der Waals surface area (Å²) >= 11 is 28.5. The molecule has 2 aromatic rings. The average molecular weight is 449 g/mol. The smallest absolute Gasteiger partial charge is 0.215 e. The van der Waals surface area contributed by atoms with Gasteiger partial charge in [0, 0.05) is 20.9 Å². The fourth-order valence-electron chi connectivity index (χ4n) is 2.12. The van der Waals surface area contributed by atoms with Gasteiger partial charge < -0.3 is 0 Å². The molecule has 7 heteroatoms. The number of aryl methyl sites for hydroxylation is 1. The van der Waals surface area contributed by atoms with Crippen LogP contribution >= 0.6 is 62.3 Å². The highest BCUT2D eigenvalue weighted by atomic mass is 79.9. The molecule has 2 rings (SSSR count). The van der Waals surface area contributed by atoms with Crippen molar-refractivity contribution in [1.82, 2.24) is 0 Å². The van der Waals surface area contributed by atoms with Crippen LogP contribution in [0.4, 0.5) is 11.4 Å². The summed E-state index contributed by atoms with van der Waals surface area (Å²) < 4.78 is 0.810. The number of nitrogens with zero attached hydrogens (tertiary/aromatic N) is 2. The third-order valence-electron chi connectivity index (χ3n) is 3.23. The Morgan fingerprint density at radius 3 is 2.00 bits per heavy atom. The Bertz CT molecular complexity index is 872. The number of hydrogen-bond acceptors (Lipinski definition) is 0. The van der Waals surface area contributed by atoms with Gasteiger partial charge in [-0.05, 0) is 35.7 Å². The molecule has 0 saturated carbocycles. The molecule has 0 amide bonds. The SMILES string of the molecule is [C-]#[N+]c1c(Cl)c(Cl)c(Cc2c(Cl)cc(C)cc2Br)c(Cl)c1[N+]#[C-]. The van der Waals surface area contributed by atoms with Gasteiger partial charge in [0.15, 0.2) is 0 Å². The van der Waals surface area contributed by atoms with Crippen molar-refractivity contribution in [2.24, 2.45) is 0 Å². The molecule has 23 heavy (non-hydrogen) atoms. The number of rotatable bonds is 2. The van der Waals surface area contributed by atoms with Gasteiger partial charge >= 0.3 is 0 Å². The molecule has 0 aliphatic heterocycles. The van der Waals surface area contributed by atoms with Gasteiger partial charge in [0.2, 0.25) is 11.4 Å². The van der Waals surface area contributed by atoms with Crippen LogP contribution in [0.15, 0.2) is 16.6 Å². The number of halogens is 5. The minimum absolute atomic E-state index is 0.00502. The van der Waals surface area contributed by atoms with E-state index >= 15 is 0 Å². The lowest BCUT2D eigenvalue weighted by atomic mass is 10.0. The Morgan fingerprint density at radius 2 is 1.48 bits per heavy atom. The fraction of sp³-hybridized carbons (Fsp3) is 0.125. The number of benzene rings is 2. The van der Waals surface area contributed by atoms with Gasteiger partial charge in [0.1, 0.15) is 0 Å². The minimum Gasteiger partial charge on any atom is -0.248 e. The van der Waals surface area contributed by atoms with Crippen molar-refractivity contribution in [3.05, 3.63) is 76.2 Å². The van der Waals surface area contributed by atoms with Crippen molar-refractivity contribution in [3.8, 4) is 0 Å². The first-order valence-corrected chi connectivity index (χ1v) is 8.51. The van der Waals surface area contributed by atoms with Gasteiger partial charge in [-0.15, -0.1) is 0 Å². The van der Waals surface area contributed by atoms with E-state index in [0.29, 0.717) is 10.6 Å². The van der Waals surface area contributed by atoms with Crippen molar-refractivity contribution >= 4 is 73.7 Å². The maximum absolute atomic E-state index is 7.25. The Morgan fingerprint density at radius 1 is 0.913 bits per heavy atom. The Balaban J connectivity index is 2.70. The van der Waals surface area contributed by atoms with E-state index < -0.39 is 0 Å². The van der Waals surface area contributed by atoms with Crippen LogP contribution in [0.5, 0.6) is 0 Å². The maximum Gasteiger partial charge on any atom is 0.215 e. The van der Waals surface area contributed by atoms with E-state index in [0.717, 1.165) is 15.6 Å². The molecule has 116 valence electrons. The quantitative estimate of drug-likeness (QED) is 0.324. The summed E-state index contributed by atoms with van der Waals surface area (Å²) in [6, 6.07) is 3.75. The van der Waals surface area contributed by atoms with Gasteiger partial charge in [-0.3, -0.25) is 0 Å². The number of hydrogen-bond donors (Lipinski definition) is 0. The molecule has 0 atom stereocenters. The van der Waals surface area contributed by atoms with Crippen molar-refractivity contribution < 1.29 is 0 Å². The lowest BCUT2D eigenvalue weighted by Gasteiger charge is -2.15. The second-order valence-electron chi connectivity index (χ2n) is 4.73. The maximum atomic E-state index is 7.25. The fourth-order valence-corrected chi connectivity index (χ4v) is 4.13. The molecule has 0 aliphatic carbocycles. The van der Waals surface area contributed by atoms with E-state index in [9.17, 15) is 0 Å². The summed E-state index contributed by atoms with van der Waals surface area (Å²) in [6.07, 6.45) is 0.290. The van der Waals surface area contributed by atoms with E-state index in [2.05, 4.69) is 25.6 Å². The van der Waals surface area contributed by atoms with Crippen molar-refractivity contribution in [1.29, 1.82) is 0 Å². The molecule has 0 aromatic heterocycles. The van der Waals surface area contributed by atoms with Crippen LogP contribution in [-0.4, -0.2) is 0 Å². The monoisotopic (exact) mass is 446 g/mol. The van der Waals surface area contributed by atoms with Crippen molar-refractivity contribution in [2.75, 3.05) is 0 Å². The topological polar surface area (TPSA) is 8.72 Å². The molecule has 0 N–H and O–H groups in total. The summed E-state index contributed by atoms with van der Waals surface area (Å²) in [5, 5.41) is 0.882. The molecule has 0 saturated heterocycles. The zero-order valence-corrected chi connectivity index (χ0v) is 16.3. The molecule has 2 aromatic carbocycles. The van der Waals surface area contributed by atoms with E-state index in [-0.39, 0.29) is 32.9 Å². The summed E-state index contributed by atoms with van der Waals surface area (Å²) in [4.78, 5) is 6.58. The molecule has 0 bridgehead atoms. The molecule has 2 nitrogen and oxygen atoms in total. The first-order chi connectivity index (χ1) is 10.8. The van der Waals surface area contributed by atoms with Crippen LogP contribution in [0.3, 0.4) is 0 Å². The Labute approximate surface area is 162 Å². The third-order valence-corrected chi connectivity index (χ3v) is 5.56. The Hall–Kier alpha value is -0.940. The lowest BCUT2D eigenvalue weighted by molar-refractivity contribution is 1.17. The van der Waals surface area contributed by atoms with Gasteiger partial charge in [0.25, 0.3) is 0 Å². The van der Waals surface area contributed by atoms with Crippen LogP contribution in [0, 0.1) is 20.1 Å². The highest BCUT2D eigenvalue weighted by Gasteiger charge is 2.23. The zero-order valence-electron chi connectivity index (χ0n) is 11.6. The lowest BCUT2D eigenvalue weighted by Crippen LogP contribution is -1.96. The standard InChI is InChI=1S/C16H7BrCl4N2/c1-7-4-10(17)8(11(18)5-7)6-9-12(19)14(21)16(23-3)15(22-2)13(9)20/h4-5H,6H2,1H3. The molecule has 0 unspecified atom stereocenters. The van der Waals surface area contributed by atoms with Gasteiger partial charge in [0.05, 0.1) is 23.2 Å². The van der Waals surface area contributed by atoms with E-state index in [1.54, 1.807) is 0 Å². The predicted octanol–water partition coefficient (Wildman–Crippen LogP) is 8.06. The summed E-state index contributed by atoms with van der Waals surface area (Å²) in [7, 11) is 0. The highest BCUT2D eigenvalue weighted by Crippen LogP contribution is 2.49. The second-order valence-corrected chi connectivity index (χ2v) is 7.12. The zero-order chi connectivity index (χ0) is 17.3. The van der Waals surface area contributed by atoms with Gasteiger partial charge in [-0.1, -0.05) is 62.3 Å². The summed E-state index contributed by atoms with van der Waals surface area (Å²) in [5.74, 6) is 0.